The third kappa shape index (κ3) is 4.59. The van der Waals surface area contributed by atoms with E-state index in [2.05, 4.69) is 22.0 Å². The van der Waals surface area contributed by atoms with Gasteiger partial charge in [0.05, 0.1) is 25.1 Å². The van der Waals surface area contributed by atoms with Gasteiger partial charge in [-0.05, 0) is 54.1 Å². The summed E-state index contributed by atoms with van der Waals surface area (Å²) in [5, 5.41) is 0.877. The molecule has 5 rings (SSSR count). The summed E-state index contributed by atoms with van der Waals surface area (Å²) in [7, 11) is 1.66. The highest BCUT2D eigenvalue weighted by Crippen LogP contribution is 2.34. The van der Waals surface area contributed by atoms with Crippen LogP contribution in [-0.4, -0.2) is 60.7 Å². The van der Waals surface area contributed by atoms with Crippen molar-refractivity contribution in [1.29, 1.82) is 0 Å². The maximum Gasteiger partial charge on any atom is 0.253 e. The molecule has 1 fully saturated rings. The fraction of sp³-hybridized carbons (Fsp3) is 0.269. The Hall–Kier alpha value is -3.52. The number of amides is 2. The molecular formula is C26H26N4O3S. The number of methoxy groups -OCH3 is 1. The average Bonchev–Trinajstić information content (AvgIpc) is 2.90. The largest absolute Gasteiger partial charge is 0.497 e. The van der Waals surface area contributed by atoms with Crippen molar-refractivity contribution in [1.82, 2.24) is 9.88 Å². The predicted octanol–water partition coefficient (Wildman–Crippen LogP) is 3.69. The molecule has 0 atom stereocenters. The number of aromatic nitrogens is 1. The molecule has 7 nitrogen and oxygen atoms in total. The number of ether oxygens (including phenoxy) is 1. The summed E-state index contributed by atoms with van der Waals surface area (Å²) in [6, 6.07) is 19.4. The monoisotopic (exact) mass is 474 g/mol. The number of rotatable bonds is 5. The van der Waals surface area contributed by atoms with Gasteiger partial charge in [0.25, 0.3) is 5.91 Å². The molecular weight excluding hydrogens is 448 g/mol. The molecule has 2 amide bonds. The minimum absolute atomic E-state index is 0.0425. The fourth-order valence-electron chi connectivity index (χ4n) is 4.29. The number of nitrogens with zero attached hydrogens (tertiary/aromatic N) is 4. The number of thioether (sulfide) groups is 1. The van der Waals surface area contributed by atoms with E-state index in [-0.39, 0.29) is 11.8 Å². The van der Waals surface area contributed by atoms with Crippen LogP contribution in [0, 0.1) is 0 Å². The number of carbonyl (C=O) groups excluding carboxylic acids is 2. The molecule has 8 heteroatoms. The first-order valence-corrected chi connectivity index (χ1v) is 12.3. The van der Waals surface area contributed by atoms with Gasteiger partial charge < -0.3 is 19.4 Å². The Morgan fingerprint density at radius 2 is 1.74 bits per heavy atom. The van der Waals surface area contributed by atoms with Crippen LogP contribution < -0.4 is 14.5 Å². The fourth-order valence-corrected chi connectivity index (χ4v) is 5.17. The number of anilines is 2. The molecule has 174 valence electrons. The van der Waals surface area contributed by atoms with E-state index in [1.165, 1.54) is 11.8 Å². The molecule has 0 saturated carbocycles. The van der Waals surface area contributed by atoms with Crippen molar-refractivity contribution in [2.24, 2.45) is 0 Å². The lowest BCUT2D eigenvalue weighted by atomic mass is 10.1. The Balaban J connectivity index is 1.20. The van der Waals surface area contributed by atoms with E-state index in [1.807, 2.05) is 53.4 Å². The van der Waals surface area contributed by atoms with Gasteiger partial charge in [0, 0.05) is 43.6 Å². The normalized spacial score (nSPS) is 15.8. The molecule has 3 heterocycles. The number of benzene rings is 2. The van der Waals surface area contributed by atoms with Crippen LogP contribution in [0.2, 0.25) is 0 Å². The Bertz CT molecular complexity index is 1180. The van der Waals surface area contributed by atoms with Crippen molar-refractivity contribution < 1.29 is 14.3 Å². The average molecular weight is 475 g/mol. The number of hydrogen-bond donors (Lipinski definition) is 0. The zero-order valence-corrected chi connectivity index (χ0v) is 19.8. The minimum Gasteiger partial charge on any atom is -0.497 e. The van der Waals surface area contributed by atoms with Crippen LogP contribution in [0.25, 0.3) is 0 Å². The predicted molar refractivity (Wildman–Crippen MR) is 134 cm³/mol. The highest BCUT2D eigenvalue weighted by Gasteiger charge is 2.26. The Kier molecular flexibility index (Phi) is 6.40. The van der Waals surface area contributed by atoms with Gasteiger partial charge in [-0.1, -0.05) is 23.9 Å². The molecule has 1 aromatic heterocycles. The van der Waals surface area contributed by atoms with Crippen LogP contribution in [-0.2, 0) is 11.3 Å². The van der Waals surface area contributed by atoms with E-state index in [0.29, 0.717) is 31.0 Å². The Morgan fingerprint density at radius 3 is 2.44 bits per heavy atom. The molecule has 2 aliphatic rings. The number of carbonyl (C=O) groups is 2. The molecule has 2 aromatic carbocycles. The zero-order valence-electron chi connectivity index (χ0n) is 19.0. The van der Waals surface area contributed by atoms with Crippen molar-refractivity contribution >= 4 is 35.0 Å². The molecule has 0 aliphatic carbocycles. The quantitative estimate of drug-likeness (QED) is 0.562. The van der Waals surface area contributed by atoms with Crippen molar-refractivity contribution in [2.75, 3.05) is 48.8 Å². The summed E-state index contributed by atoms with van der Waals surface area (Å²) in [5.41, 5.74) is 3.64. The SMILES string of the molecule is COc1ccc(N2CCN(C(=O)c3ccc(CN4C(=O)CSc5ncccc54)cc3)CC2)cc1. The highest BCUT2D eigenvalue weighted by molar-refractivity contribution is 8.00. The number of fused-ring (bicyclic) bond motifs is 1. The van der Waals surface area contributed by atoms with Gasteiger partial charge in [-0.15, -0.1) is 0 Å². The van der Waals surface area contributed by atoms with Gasteiger partial charge in [-0.25, -0.2) is 4.98 Å². The minimum atomic E-state index is 0.0425. The lowest BCUT2D eigenvalue weighted by Crippen LogP contribution is -2.48. The van der Waals surface area contributed by atoms with Crippen molar-refractivity contribution in [3.63, 3.8) is 0 Å². The first kappa shape index (κ1) is 22.3. The van der Waals surface area contributed by atoms with Crippen LogP contribution in [0.5, 0.6) is 5.75 Å². The van der Waals surface area contributed by atoms with Crippen LogP contribution >= 0.6 is 11.8 Å². The van der Waals surface area contributed by atoms with Gasteiger partial charge >= 0.3 is 0 Å². The van der Waals surface area contributed by atoms with E-state index < -0.39 is 0 Å². The van der Waals surface area contributed by atoms with Crippen molar-refractivity contribution in [2.45, 2.75) is 11.6 Å². The van der Waals surface area contributed by atoms with Gasteiger partial charge in [0.2, 0.25) is 5.91 Å². The van der Waals surface area contributed by atoms with Crippen molar-refractivity contribution in [3.8, 4) is 5.75 Å². The van der Waals surface area contributed by atoms with Gasteiger partial charge in [-0.2, -0.15) is 0 Å². The second-order valence-corrected chi connectivity index (χ2v) is 9.23. The lowest BCUT2D eigenvalue weighted by Gasteiger charge is -2.36. The summed E-state index contributed by atoms with van der Waals surface area (Å²) in [6.45, 7) is 3.40. The highest BCUT2D eigenvalue weighted by atomic mass is 32.2. The summed E-state index contributed by atoms with van der Waals surface area (Å²) >= 11 is 1.47. The second-order valence-electron chi connectivity index (χ2n) is 8.27. The molecule has 0 radical (unpaired) electrons. The number of pyridine rings is 1. The zero-order chi connectivity index (χ0) is 23.5. The summed E-state index contributed by atoms with van der Waals surface area (Å²) in [6.07, 6.45) is 1.75. The topological polar surface area (TPSA) is 66.0 Å². The lowest BCUT2D eigenvalue weighted by molar-refractivity contribution is -0.116. The molecule has 0 N–H and O–H groups in total. The molecule has 34 heavy (non-hydrogen) atoms. The van der Waals surface area contributed by atoms with Crippen LogP contribution in [0.15, 0.2) is 71.9 Å². The van der Waals surface area contributed by atoms with E-state index in [1.54, 1.807) is 18.2 Å². The number of piperazine rings is 1. The van der Waals surface area contributed by atoms with Crippen LogP contribution in [0.4, 0.5) is 11.4 Å². The first-order chi connectivity index (χ1) is 16.6. The molecule has 0 spiro atoms. The summed E-state index contributed by atoms with van der Waals surface area (Å²) in [4.78, 5) is 35.9. The molecule has 3 aromatic rings. The Labute approximate surface area is 203 Å². The van der Waals surface area contributed by atoms with Crippen molar-refractivity contribution in [3.05, 3.63) is 78.0 Å². The van der Waals surface area contributed by atoms with Gasteiger partial charge in [0.15, 0.2) is 0 Å². The molecule has 1 saturated heterocycles. The third-order valence-corrected chi connectivity index (χ3v) is 7.20. The van der Waals surface area contributed by atoms with Gasteiger partial charge in [0.1, 0.15) is 10.8 Å². The first-order valence-electron chi connectivity index (χ1n) is 11.3. The van der Waals surface area contributed by atoms with E-state index in [4.69, 9.17) is 4.74 Å². The summed E-state index contributed by atoms with van der Waals surface area (Å²) in [5.74, 6) is 1.34. The van der Waals surface area contributed by atoms with E-state index in [0.717, 1.165) is 40.8 Å². The standard InChI is InChI=1S/C26H26N4O3S/c1-33-22-10-8-21(9-11-22)28-13-15-29(16-14-28)26(32)20-6-4-19(5-7-20)17-30-23-3-2-12-27-25(23)34-18-24(30)31/h2-12H,13-18H2,1H3. The number of hydrogen-bond acceptors (Lipinski definition) is 6. The van der Waals surface area contributed by atoms with E-state index in [9.17, 15) is 9.59 Å². The molecule has 2 aliphatic heterocycles. The maximum atomic E-state index is 13.1. The maximum absolute atomic E-state index is 13.1. The van der Waals surface area contributed by atoms with Crippen LogP contribution in [0.3, 0.4) is 0 Å². The second kappa shape index (κ2) is 9.77. The van der Waals surface area contributed by atoms with E-state index >= 15 is 0 Å². The molecule has 0 unspecified atom stereocenters. The molecule has 0 bridgehead atoms. The third-order valence-electron chi connectivity index (χ3n) is 6.22. The van der Waals surface area contributed by atoms with Gasteiger partial charge in [-0.3, -0.25) is 9.59 Å². The Morgan fingerprint density at radius 1 is 1.00 bits per heavy atom. The summed E-state index contributed by atoms with van der Waals surface area (Å²) < 4.78 is 5.23. The van der Waals surface area contributed by atoms with Crippen LogP contribution in [0.1, 0.15) is 15.9 Å². The smallest absolute Gasteiger partial charge is 0.253 e.